The van der Waals surface area contributed by atoms with E-state index in [2.05, 4.69) is 11.4 Å². The summed E-state index contributed by atoms with van der Waals surface area (Å²) in [5.74, 6) is 1.89. The maximum atomic E-state index is 5.96. The largest absolute Gasteiger partial charge is 0.488 e. The number of hydrogen-bond acceptors (Lipinski definition) is 2. The summed E-state index contributed by atoms with van der Waals surface area (Å²) in [6, 6.07) is 19.7. The van der Waals surface area contributed by atoms with Crippen molar-refractivity contribution >= 4 is 11.6 Å². The Balaban J connectivity index is 1.57. The van der Waals surface area contributed by atoms with Gasteiger partial charge in [0.05, 0.1) is 6.26 Å². The lowest BCUT2D eigenvalue weighted by Crippen LogP contribution is -2.80. The molecular weight excluding hydrogens is 310 g/mol. The zero-order valence-corrected chi connectivity index (χ0v) is 13.5. The lowest BCUT2D eigenvalue weighted by molar-refractivity contribution is -0.688. The average Bonchev–Trinajstić information content (AvgIpc) is 3.09. The molecule has 4 heteroatoms. The van der Waals surface area contributed by atoms with Crippen molar-refractivity contribution in [2.45, 2.75) is 19.7 Å². The van der Waals surface area contributed by atoms with Gasteiger partial charge in [0.15, 0.2) is 5.76 Å². The Morgan fingerprint density at radius 1 is 0.913 bits per heavy atom. The molecule has 0 saturated carbocycles. The van der Waals surface area contributed by atoms with Crippen LogP contribution in [0.5, 0.6) is 5.75 Å². The molecule has 0 saturated heterocycles. The van der Waals surface area contributed by atoms with Gasteiger partial charge in [0.2, 0.25) is 0 Å². The monoisotopic (exact) mass is 328 g/mol. The highest BCUT2D eigenvalue weighted by Gasteiger charge is 2.06. The molecule has 0 amide bonds. The van der Waals surface area contributed by atoms with Crippen LogP contribution in [0.3, 0.4) is 0 Å². The van der Waals surface area contributed by atoms with Crippen molar-refractivity contribution in [1.29, 1.82) is 0 Å². The molecule has 0 fully saturated rings. The van der Waals surface area contributed by atoms with Crippen molar-refractivity contribution in [2.75, 3.05) is 0 Å². The van der Waals surface area contributed by atoms with E-state index in [0.29, 0.717) is 6.61 Å². The standard InChI is InChI=1S/C19H18ClNO2/c20-17-9-7-15(8-10-17)14-23-19-6-2-1-4-16(19)12-21-13-18-5-3-11-22-18/h1-11,21H,12-14H2/p+1. The van der Waals surface area contributed by atoms with Crippen LogP contribution >= 0.6 is 11.6 Å². The molecule has 3 nitrogen and oxygen atoms in total. The van der Waals surface area contributed by atoms with Crippen LogP contribution in [0.15, 0.2) is 71.3 Å². The van der Waals surface area contributed by atoms with E-state index < -0.39 is 0 Å². The van der Waals surface area contributed by atoms with Crippen LogP contribution in [-0.2, 0) is 19.7 Å². The fourth-order valence-corrected chi connectivity index (χ4v) is 2.48. The molecule has 0 bridgehead atoms. The third kappa shape index (κ3) is 4.62. The molecule has 23 heavy (non-hydrogen) atoms. The molecule has 3 aromatic rings. The number of nitrogens with two attached hydrogens (primary N) is 1. The van der Waals surface area contributed by atoms with E-state index in [0.717, 1.165) is 35.2 Å². The Morgan fingerprint density at radius 2 is 1.74 bits per heavy atom. The van der Waals surface area contributed by atoms with Gasteiger partial charge in [0.1, 0.15) is 25.4 Å². The van der Waals surface area contributed by atoms with Gasteiger partial charge in [-0.25, -0.2) is 0 Å². The molecule has 0 aliphatic rings. The fraction of sp³-hybridized carbons (Fsp3) is 0.158. The van der Waals surface area contributed by atoms with Gasteiger partial charge in [-0.05, 0) is 42.0 Å². The minimum atomic E-state index is 0.534. The molecule has 3 rings (SSSR count). The van der Waals surface area contributed by atoms with Crippen molar-refractivity contribution in [3.8, 4) is 5.75 Å². The highest BCUT2D eigenvalue weighted by atomic mass is 35.5. The maximum absolute atomic E-state index is 5.96. The van der Waals surface area contributed by atoms with Gasteiger partial charge in [-0.1, -0.05) is 35.9 Å². The van der Waals surface area contributed by atoms with Gasteiger partial charge in [-0.2, -0.15) is 0 Å². The Hall–Kier alpha value is -2.23. The molecule has 1 aromatic heterocycles. The van der Waals surface area contributed by atoms with Crippen molar-refractivity contribution in [3.63, 3.8) is 0 Å². The second kappa shape index (κ2) is 7.86. The average molecular weight is 329 g/mol. The molecule has 0 spiro atoms. The lowest BCUT2D eigenvalue weighted by atomic mass is 10.2. The summed E-state index contributed by atoms with van der Waals surface area (Å²) in [5.41, 5.74) is 2.27. The molecule has 2 N–H and O–H groups in total. The van der Waals surface area contributed by atoms with E-state index in [4.69, 9.17) is 20.8 Å². The zero-order chi connectivity index (χ0) is 15.9. The predicted molar refractivity (Wildman–Crippen MR) is 90.3 cm³/mol. The van der Waals surface area contributed by atoms with Crippen molar-refractivity contribution in [3.05, 3.63) is 88.8 Å². The molecule has 0 aliphatic carbocycles. The van der Waals surface area contributed by atoms with Crippen molar-refractivity contribution in [1.82, 2.24) is 0 Å². The summed E-state index contributed by atoms with van der Waals surface area (Å²) in [6.45, 7) is 2.20. The van der Waals surface area contributed by atoms with Crippen molar-refractivity contribution < 1.29 is 14.5 Å². The third-order valence-electron chi connectivity index (χ3n) is 3.57. The number of ether oxygens (including phenoxy) is 1. The summed E-state index contributed by atoms with van der Waals surface area (Å²) in [5, 5.41) is 2.94. The summed E-state index contributed by atoms with van der Waals surface area (Å²) in [7, 11) is 0. The Labute approximate surface area is 140 Å². The first-order valence-electron chi connectivity index (χ1n) is 7.60. The third-order valence-corrected chi connectivity index (χ3v) is 3.82. The summed E-state index contributed by atoms with van der Waals surface area (Å²) >= 11 is 5.90. The Bertz CT molecular complexity index is 723. The van der Waals surface area contributed by atoms with E-state index in [9.17, 15) is 0 Å². The van der Waals surface area contributed by atoms with Crippen LogP contribution in [0.25, 0.3) is 0 Å². The first-order valence-corrected chi connectivity index (χ1v) is 7.98. The summed E-state index contributed by atoms with van der Waals surface area (Å²) in [4.78, 5) is 0. The molecule has 0 atom stereocenters. The number of para-hydroxylation sites is 1. The number of quaternary nitrogens is 1. The minimum Gasteiger partial charge on any atom is -0.488 e. The Morgan fingerprint density at radius 3 is 2.52 bits per heavy atom. The second-order valence-corrected chi connectivity index (χ2v) is 5.74. The van der Waals surface area contributed by atoms with E-state index in [1.165, 1.54) is 5.56 Å². The van der Waals surface area contributed by atoms with Gasteiger partial charge in [0, 0.05) is 10.6 Å². The van der Waals surface area contributed by atoms with Gasteiger partial charge in [0.25, 0.3) is 0 Å². The highest BCUT2D eigenvalue weighted by Crippen LogP contribution is 2.19. The Kier molecular flexibility index (Phi) is 5.35. The van der Waals surface area contributed by atoms with E-state index in [1.54, 1.807) is 6.26 Å². The topological polar surface area (TPSA) is 39.0 Å². The number of rotatable bonds is 7. The van der Waals surface area contributed by atoms with E-state index >= 15 is 0 Å². The smallest absolute Gasteiger partial charge is 0.157 e. The van der Waals surface area contributed by atoms with Gasteiger partial charge < -0.3 is 14.5 Å². The minimum absolute atomic E-state index is 0.534. The molecule has 0 aliphatic heterocycles. The molecule has 1 heterocycles. The fourth-order valence-electron chi connectivity index (χ4n) is 2.35. The van der Waals surface area contributed by atoms with E-state index in [1.807, 2.05) is 54.6 Å². The van der Waals surface area contributed by atoms with Gasteiger partial charge >= 0.3 is 0 Å². The summed E-state index contributed by atoms with van der Waals surface area (Å²) in [6.07, 6.45) is 1.70. The molecule has 118 valence electrons. The van der Waals surface area contributed by atoms with Crippen LogP contribution in [0.4, 0.5) is 0 Å². The SMILES string of the molecule is Clc1ccc(COc2ccccc2C[NH2+]Cc2ccco2)cc1. The first kappa shape index (κ1) is 15.7. The van der Waals surface area contributed by atoms with Crippen LogP contribution in [0, 0.1) is 0 Å². The maximum Gasteiger partial charge on any atom is 0.157 e. The first-order chi connectivity index (χ1) is 11.3. The predicted octanol–water partition coefficient (Wildman–Crippen LogP) is 3.78. The van der Waals surface area contributed by atoms with Crippen LogP contribution in [0.2, 0.25) is 5.02 Å². The number of furan rings is 1. The van der Waals surface area contributed by atoms with Crippen molar-refractivity contribution in [2.24, 2.45) is 0 Å². The second-order valence-electron chi connectivity index (χ2n) is 5.30. The number of hydrogen-bond donors (Lipinski definition) is 1. The van der Waals surface area contributed by atoms with Gasteiger partial charge in [-0.15, -0.1) is 0 Å². The molecule has 2 aromatic carbocycles. The van der Waals surface area contributed by atoms with Gasteiger partial charge in [-0.3, -0.25) is 0 Å². The molecule has 0 unspecified atom stereocenters. The van der Waals surface area contributed by atoms with E-state index in [-0.39, 0.29) is 0 Å². The number of halogens is 1. The number of benzene rings is 2. The van der Waals surface area contributed by atoms with Crippen LogP contribution in [0.1, 0.15) is 16.9 Å². The summed E-state index contributed by atoms with van der Waals surface area (Å²) < 4.78 is 11.3. The normalized spacial score (nSPS) is 10.7. The zero-order valence-electron chi connectivity index (χ0n) is 12.7. The lowest BCUT2D eigenvalue weighted by Gasteiger charge is -2.11. The molecule has 0 radical (unpaired) electrons. The highest BCUT2D eigenvalue weighted by molar-refractivity contribution is 6.30. The quantitative estimate of drug-likeness (QED) is 0.717. The van der Waals surface area contributed by atoms with Crippen LogP contribution < -0.4 is 10.1 Å². The molecular formula is C19H19ClNO2+. The van der Waals surface area contributed by atoms with Crippen LogP contribution in [-0.4, -0.2) is 0 Å².